The second-order valence-corrected chi connectivity index (χ2v) is 26.3. The van der Waals surface area contributed by atoms with Gasteiger partial charge in [0.2, 0.25) is 0 Å². The van der Waals surface area contributed by atoms with Crippen molar-refractivity contribution < 1.29 is 0 Å². The maximum Gasteiger partial charge on any atom is 0.113 e. The summed E-state index contributed by atoms with van der Waals surface area (Å²) in [4.78, 5) is 0. The van der Waals surface area contributed by atoms with Gasteiger partial charge in [-0.25, -0.2) is 0 Å². The van der Waals surface area contributed by atoms with Crippen molar-refractivity contribution >= 4 is 72.3 Å². The molecule has 1 heterocycles. The third-order valence-electron chi connectivity index (χ3n) is 17.4. The summed E-state index contributed by atoms with van der Waals surface area (Å²) >= 11 is 0. The normalized spacial score (nSPS) is 15.4. The Morgan fingerprint density at radius 2 is 0.768 bits per heavy atom. The van der Waals surface area contributed by atoms with Gasteiger partial charge in [-0.05, 0) is 178 Å². The molecule has 69 heavy (non-hydrogen) atoms. The van der Waals surface area contributed by atoms with Crippen LogP contribution in [0.4, 0.5) is 0 Å². The molecule has 1 aliphatic heterocycles. The van der Waals surface area contributed by atoms with Gasteiger partial charge in [-0.1, -0.05) is 211 Å². The first-order chi connectivity index (χ1) is 33.5. The van der Waals surface area contributed by atoms with Crippen molar-refractivity contribution in [3.63, 3.8) is 0 Å². The molecular weight excluding hydrogens is 845 g/mol. The van der Waals surface area contributed by atoms with E-state index in [0.29, 0.717) is 0 Å². The molecule has 326 valence electrons. The molecule has 0 amide bonds. The molecule has 2 aliphatic carbocycles. The zero-order valence-electron chi connectivity index (χ0n) is 40.0. The average molecular weight is 895 g/mol. The van der Waals surface area contributed by atoms with Gasteiger partial charge in [0.25, 0.3) is 0 Å². The van der Waals surface area contributed by atoms with Crippen LogP contribution < -0.4 is 10.4 Å². The van der Waals surface area contributed by atoms with Crippen LogP contribution in [0.1, 0.15) is 49.9 Å². The van der Waals surface area contributed by atoms with Crippen molar-refractivity contribution in [2.24, 2.45) is 0 Å². The molecule has 0 nitrogen and oxygen atoms in total. The standard InChI is InChI=1S/C68H50Si/c1-67(2)57-23-11-9-18-45(57)47-30-28-43(34-59(47)67)64-50-20-7-8-21-51(50)65(44-29-31-48-46-19-10-12-24-58(46)68(3,4)60(48)35-44)56-38-62-54(37-55(56)64)49-32-27-41(36-61(49)69(62,5)6)53-33-42-17-13-15-39-25-26-40-16-14-22-52(53)66(40)63(39)42/h7-38H,1-6H3. The van der Waals surface area contributed by atoms with Crippen molar-refractivity contribution in [3.8, 4) is 66.8 Å². The Hall–Kier alpha value is -7.58. The predicted molar refractivity (Wildman–Crippen MR) is 299 cm³/mol. The maximum absolute atomic E-state index is 2.67. The van der Waals surface area contributed by atoms with Crippen LogP contribution in [0.25, 0.3) is 121 Å². The summed E-state index contributed by atoms with van der Waals surface area (Å²) in [5.41, 5.74) is 21.5. The van der Waals surface area contributed by atoms with Crippen LogP contribution in [-0.4, -0.2) is 8.07 Å². The monoisotopic (exact) mass is 894 g/mol. The predicted octanol–water partition coefficient (Wildman–Crippen LogP) is 17.3. The molecule has 0 saturated carbocycles. The fourth-order valence-electron chi connectivity index (χ4n) is 13.9. The summed E-state index contributed by atoms with van der Waals surface area (Å²) in [5, 5.41) is 16.3. The Balaban J connectivity index is 1.000. The zero-order valence-corrected chi connectivity index (χ0v) is 41.0. The lowest BCUT2D eigenvalue weighted by molar-refractivity contribution is 0.660. The van der Waals surface area contributed by atoms with Gasteiger partial charge in [0, 0.05) is 10.8 Å². The van der Waals surface area contributed by atoms with E-state index >= 15 is 0 Å². The van der Waals surface area contributed by atoms with E-state index in [2.05, 4.69) is 235 Å². The van der Waals surface area contributed by atoms with E-state index in [1.165, 1.54) is 153 Å². The van der Waals surface area contributed by atoms with Gasteiger partial charge in [0.05, 0.1) is 0 Å². The first kappa shape index (κ1) is 39.4. The third kappa shape index (κ3) is 5.08. The van der Waals surface area contributed by atoms with E-state index < -0.39 is 8.07 Å². The molecule has 0 atom stereocenters. The first-order valence-electron chi connectivity index (χ1n) is 24.8. The highest BCUT2D eigenvalue weighted by molar-refractivity contribution is 7.04. The molecule has 0 unspecified atom stereocenters. The van der Waals surface area contributed by atoms with Crippen molar-refractivity contribution in [2.45, 2.75) is 51.6 Å². The molecule has 12 aromatic carbocycles. The smallest absolute Gasteiger partial charge is 0.0619 e. The summed E-state index contributed by atoms with van der Waals surface area (Å²) in [5.74, 6) is 0. The maximum atomic E-state index is 2.67. The van der Waals surface area contributed by atoms with Gasteiger partial charge in [0.15, 0.2) is 0 Å². The molecule has 0 bridgehead atoms. The van der Waals surface area contributed by atoms with Crippen LogP contribution >= 0.6 is 0 Å². The highest BCUT2D eigenvalue weighted by Crippen LogP contribution is 2.54. The third-order valence-corrected chi connectivity index (χ3v) is 20.9. The molecule has 15 rings (SSSR count). The molecule has 0 radical (unpaired) electrons. The van der Waals surface area contributed by atoms with Crippen LogP contribution in [-0.2, 0) is 10.8 Å². The summed E-state index contributed by atoms with van der Waals surface area (Å²) in [7, 11) is -2.24. The van der Waals surface area contributed by atoms with Gasteiger partial charge in [-0.3, -0.25) is 0 Å². The van der Waals surface area contributed by atoms with E-state index in [1.54, 1.807) is 0 Å². The van der Waals surface area contributed by atoms with Crippen LogP contribution in [0.2, 0.25) is 13.1 Å². The van der Waals surface area contributed by atoms with E-state index in [0.717, 1.165) is 0 Å². The summed E-state index contributed by atoms with van der Waals surface area (Å²) in [6.45, 7) is 14.8. The SMILES string of the molecule is CC1(C)c2ccccc2-c2ccc(-c3c4ccccc4c(-c4ccc5c(c4)C(C)(C)c4ccccc4-5)c4cc5c(cc34)-c3ccc(-c4cc6cccc7ccc8cccc4c8c76)cc3[Si]5(C)C)cc21. The highest BCUT2D eigenvalue weighted by Gasteiger charge is 2.40. The molecule has 0 fully saturated rings. The number of rotatable bonds is 3. The van der Waals surface area contributed by atoms with Crippen LogP contribution in [0, 0.1) is 0 Å². The Labute approximate surface area is 404 Å². The van der Waals surface area contributed by atoms with E-state index in [-0.39, 0.29) is 10.8 Å². The quantitative estimate of drug-likeness (QED) is 0.0942. The van der Waals surface area contributed by atoms with Gasteiger partial charge in [0.1, 0.15) is 8.07 Å². The summed E-state index contributed by atoms with van der Waals surface area (Å²) in [6, 6.07) is 75.4. The first-order valence-corrected chi connectivity index (χ1v) is 27.8. The Kier molecular flexibility index (Phi) is 7.62. The van der Waals surface area contributed by atoms with Crippen molar-refractivity contribution in [2.75, 3.05) is 0 Å². The molecule has 0 N–H and O–H groups in total. The lowest BCUT2D eigenvalue weighted by Crippen LogP contribution is -2.49. The number of hydrogen-bond acceptors (Lipinski definition) is 0. The zero-order chi connectivity index (χ0) is 46.3. The number of fused-ring (bicyclic) bond motifs is 11. The van der Waals surface area contributed by atoms with Gasteiger partial charge >= 0.3 is 0 Å². The Bertz CT molecular complexity index is 4270. The summed E-state index contributed by atoms with van der Waals surface area (Å²) < 4.78 is 0. The Morgan fingerprint density at radius 3 is 1.41 bits per heavy atom. The highest BCUT2D eigenvalue weighted by atomic mass is 28.3. The molecular formula is C68H50Si. The molecule has 12 aromatic rings. The van der Waals surface area contributed by atoms with Crippen LogP contribution in [0.3, 0.4) is 0 Å². The second kappa shape index (κ2) is 13.3. The number of hydrogen-bond donors (Lipinski definition) is 0. The molecule has 0 saturated heterocycles. The minimum absolute atomic E-state index is 0.105. The van der Waals surface area contributed by atoms with Crippen LogP contribution in [0.5, 0.6) is 0 Å². The van der Waals surface area contributed by atoms with Gasteiger partial charge < -0.3 is 0 Å². The lowest BCUT2D eigenvalue weighted by atomic mass is 9.79. The van der Waals surface area contributed by atoms with Crippen molar-refractivity contribution in [1.82, 2.24) is 0 Å². The molecule has 1 heteroatoms. The Morgan fingerprint density at radius 1 is 0.290 bits per heavy atom. The molecule has 3 aliphatic rings. The van der Waals surface area contributed by atoms with Crippen LogP contribution in [0.15, 0.2) is 194 Å². The fraction of sp³-hybridized carbons (Fsp3) is 0.118. The van der Waals surface area contributed by atoms with E-state index in [4.69, 9.17) is 0 Å². The average Bonchev–Trinajstić information content (AvgIpc) is 3.85. The van der Waals surface area contributed by atoms with Gasteiger partial charge in [-0.2, -0.15) is 0 Å². The van der Waals surface area contributed by atoms with Gasteiger partial charge in [-0.15, -0.1) is 0 Å². The van der Waals surface area contributed by atoms with E-state index in [9.17, 15) is 0 Å². The van der Waals surface area contributed by atoms with Crippen molar-refractivity contribution in [3.05, 3.63) is 216 Å². The van der Waals surface area contributed by atoms with Crippen molar-refractivity contribution in [1.29, 1.82) is 0 Å². The summed E-state index contributed by atoms with van der Waals surface area (Å²) in [6.07, 6.45) is 0. The molecule has 0 spiro atoms. The lowest BCUT2D eigenvalue weighted by Gasteiger charge is -2.25. The topological polar surface area (TPSA) is 0 Å². The fourth-order valence-corrected chi connectivity index (χ4v) is 17.0. The largest absolute Gasteiger partial charge is 0.113 e. The second-order valence-electron chi connectivity index (χ2n) is 22.0. The molecule has 0 aromatic heterocycles. The minimum atomic E-state index is -2.24. The number of benzene rings is 12. The van der Waals surface area contributed by atoms with E-state index in [1.807, 2.05) is 0 Å². The minimum Gasteiger partial charge on any atom is -0.0619 e.